The van der Waals surface area contributed by atoms with Crippen LogP contribution in [-0.2, 0) is 6.18 Å². The van der Waals surface area contributed by atoms with Crippen LogP contribution >= 0.6 is 0 Å². The number of aromatic nitrogens is 1. The van der Waals surface area contributed by atoms with Gasteiger partial charge in [-0.15, -0.1) is 0 Å². The van der Waals surface area contributed by atoms with Crippen LogP contribution in [0.25, 0.3) is 5.57 Å². The van der Waals surface area contributed by atoms with Gasteiger partial charge in [-0.1, -0.05) is 12.7 Å². The topological polar surface area (TPSA) is 51.3 Å². The highest BCUT2D eigenvalue weighted by Gasteiger charge is 2.33. The molecule has 6 heteroatoms. The number of nitrogens with two attached hydrogens (primary N) is 1. The highest BCUT2D eigenvalue weighted by Crippen LogP contribution is 2.30. The van der Waals surface area contributed by atoms with Crippen LogP contribution in [0, 0.1) is 0 Å². The van der Waals surface area contributed by atoms with Crippen molar-refractivity contribution < 1.29 is 13.2 Å². The number of anilines is 1. The monoisotopic (exact) mass is 269 g/mol. The van der Waals surface area contributed by atoms with Gasteiger partial charge in [0.25, 0.3) is 0 Å². The standard InChI is InChI=1S/C13H14F3N3/c1-4-9(7-18-8(2)3)12-10(17)5-6-11(19-12)13(14,15)16/h4-7H,1,17H2,2-3H3/b9-7+. The van der Waals surface area contributed by atoms with Crippen LogP contribution in [0.2, 0.25) is 0 Å². The van der Waals surface area contributed by atoms with Gasteiger partial charge in [-0.3, -0.25) is 4.99 Å². The predicted molar refractivity (Wildman–Crippen MR) is 70.6 cm³/mol. The molecule has 0 aliphatic rings. The second kappa shape index (κ2) is 5.69. The summed E-state index contributed by atoms with van der Waals surface area (Å²) < 4.78 is 37.8. The molecule has 0 unspecified atom stereocenters. The highest BCUT2D eigenvalue weighted by molar-refractivity contribution is 5.83. The molecule has 0 radical (unpaired) electrons. The highest BCUT2D eigenvalue weighted by atomic mass is 19.4. The number of hydrogen-bond acceptors (Lipinski definition) is 3. The Balaban J connectivity index is 3.36. The van der Waals surface area contributed by atoms with Gasteiger partial charge in [-0.2, -0.15) is 13.2 Å². The van der Waals surface area contributed by atoms with Crippen molar-refractivity contribution in [2.24, 2.45) is 4.99 Å². The molecule has 0 bridgehead atoms. The van der Waals surface area contributed by atoms with Gasteiger partial charge in [-0.25, -0.2) is 4.98 Å². The molecule has 1 aromatic heterocycles. The summed E-state index contributed by atoms with van der Waals surface area (Å²) >= 11 is 0. The minimum atomic E-state index is -4.52. The first-order valence-corrected chi connectivity index (χ1v) is 5.43. The number of hydrogen-bond donors (Lipinski definition) is 1. The van der Waals surface area contributed by atoms with E-state index >= 15 is 0 Å². The van der Waals surface area contributed by atoms with E-state index in [9.17, 15) is 13.2 Å². The molecule has 102 valence electrons. The van der Waals surface area contributed by atoms with E-state index < -0.39 is 11.9 Å². The van der Waals surface area contributed by atoms with Crippen molar-refractivity contribution in [3.05, 3.63) is 42.4 Å². The average molecular weight is 269 g/mol. The summed E-state index contributed by atoms with van der Waals surface area (Å²) in [5.41, 5.74) is 5.91. The summed E-state index contributed by atoms with van der Waals surface area (Å²) in [5, 5.41) is 0. The minimum Gasteiger partial charge on any atom is -0.397 e. The van der Waals surface area contributed by atoms with Crippen molar-refractivity contribution in [1.82, 2.24) is 4.98 Å². The van der Waals surface area contributed by atoms with Gasteiger partial charge in [0, 0.05) is 17.5 Å². The average Bonchev–Trinajstić information content (AvgIpc) is 2.30. The fourth-order valence-electron chi connectivity index (χ4n) is 1.27. The molecular weight excluding hydrogens is 255 g/mol. The molecule has 0 aliphatic carbocycles. The molecular formula is C13H14F3N3. The predicted octanol–water partition coefficient (Wildman–Crippen LogP) is 3.69. The SMILES string of the molecule is C=C/C(=C\N=C(C)C)c1nc(C(F)(F)F)ccc1N. The molecule has 1 rings (SSSR count). The number of nitrogens with zero attached hydrogens (tertiary/aromatic N) is 2. The van der Waals surface area contributed by atoms with E-state index in [1.807, 2.05) is 0 Å². The lowest BCUT2D eigenvalue weighted by Gasteiger charge is -2.10. The quantitative estimate of drug-likeness (QED) is 0.672. The fraction of sp³-hybridized carbons (Fsp3) is 0.231. The normalized spacial score (nSPS) is 12.2. The zero-order valence-corrected chi connectivity index (χ0v) is 10.6. The van der Waals surface area contributed by atoms with Crippen molar-refractivity contribution in [2.45, 2.75) is 20.0 Å². The van der Waals surface area contributed by atoms with Crippen molar-refractivity contribution in [1.29, 1.82) is 0 Å². The van der Waals surface area contributed by atoms with Crippen molar-refractivity contribution in [3.8, 4) is 0 Å². The Morgan fingerprint density at radius 2 is 2.00 bits per heavy atom. The number of aliphatic imine (C=N–C) groups is 1. The molecule has 0 amide bonds. The number of nitrogen functional groups attached to an aromatic ring is 1. The van der Waals surface area contributed by atoms with Crippen LogP contribution in [0.15, 0.2) is 36.0 Å². The van der Waals surface area contributed by atoms with E-state index in [2.05, 4.69) is 16.6 Å². The van der Waals surface area contributed by atoms with Gasteiger partial charge in [0.1, 0.15) is 5.69 Å². The van der Waals surface area contributed by atoms with Crippen LogP contribution in [-0.4, -0.2) is 10.7 Å². The van der Waals surface area contributed by atoms with Crippen molar-refractivity contribution in [2.75, 3.05) is 5.73 Å². The van der Waals surface area contributed by atoms with Crippen molar-refractivity contribution >= 4 is 17.0 Å². The molecule has 0 atom stereocenters. The van der Waals surface area contributed by atoms with Crippen LogP contribution in [0.5, 0.6) is 0 Å². The van der Waals surface area contributed by atoms with Crippen molar-refractivity contribution in [3.63, 3.8) is 0 Å². The number of rotatable bonds is 3. The Labute approximate surface area is 109 Å². The smallest absolute Gasteiger partial charge is 0.397 e. The first-order valence-electron chi connectivity index (χ1n) is 5.43. The summed E-state index contributed by atoms with van der Waals surface area (Å²) in [4.78, 5) is 7.55. The molecule has 2 N–H and O–H groups in total. The summed E-state index contributed by atoms with van der Waals surface area (Å²) in [5.74, 6) is 0. The first kappa shape index (κ1) is 14.9. The lowest BCUT2D eigenvalue weighted by atomic mass is 10.1. The third kappa shape index (κ3) is 3.94. The summed E-state index contributed by atoms with van der Waals surface area (Å²) in [6.45, 7) is 7.06. The van der Waals surface area contributed by atoms with E-state index in [1.165, 1.54) is 18.3 Å². The largest absolute Gasteiger partial charge is 0.433 e. The van der Waals surface area contributed by atoms with E-state index in [4.69, 9.17) is 5.73 Å². The molecule has 19 heavy (non-hydrogen) atoms. The molecule has 0 spiro atoms. The Morgan fingerprint density at radius 3 is 2.47 bits per heavy atom. The maximum absolute atomic E-state index is 12.6. The van der Waals surface area contributed by atoms with Gasteiger partial charge in [-0.05, 0) is 26.0 Å². The Hall–Kier alpha value is -2.11. The van der Waals surface area contributed by atoms with E-state index in [0.29, 0.717) is 5.57 Å². The first-order chi connectivity index (χ1) is 8.75. The molecule has 0 fully saturated rings. The van der Waals surface area contributed by atoms with E-state index in [0.717, 1.165) is 11.8 Å². The van der Waals surface area contributed by atoms with E-state index in [-0.39, 0.29) is 11.4 Å². The molecule has 1 heterocycles. The van der Waals surface area contributed by atoms with E-state index in [1.54, 1.807) is 13.8 Å². The van der Waals surface area contributed by atoms with Crippen LogP contribution in [0.3, 0.4) is 0 Å². The Kier molecular flexibility index (Phi) is 4.47. The molecule has 0 saturated carbocycles. The van der Waals surface area contributed by atoms with Gasteiger partial charge >= 0.3 is 6.18 Å². The van der Waals surface area contributed by atoms with Crippen LogP contribution in [0.4, 0.5) is 18.9 Å². The third-order valence-electron chi connectivity index (χ3n) is 2.17. The molecule has 0 aromatic carbocycles. The maximum atomic E-state index is 12.6. The summed E-state index contributed by atoms with van der Waals surface area (Å²) in [6, 6.07) is 2.01. The second-order valence-corrected chi connectivity index (χ2v) is 4.00. The molecule has 0 saturated heterocycles. The fourth-order valence-corrected chi connectivity index (χ4v) is 1.27. The molecule has 1 aromatic rings. The Morgan fingerprint density at radius 1 is 1.37 bits per heavy atom. The lowest BCUT2D eigenvalue weighted by molar-refractivity contribution is -0.141. The maximum Gasteiger partial charge on any atom is 0.433 e. The number of halogens is 3. The van der Waals surface area contributed by atoms with Gasteiger partial charge in [0.15, 0.2) is 0 Å². The molecule has 3 nitrogen and oxygen atoms in total. The number of alkyl halides is 3. The lowest BCUT2D eigenvalue weighted by Crippen LogP contribution is -2.10. The number of allylic oxidation sites excluding steroid dienone is 2. The Bertz CT molecular complexity index is 539. The summed E-state index contributed by atoms with van der Waals surface area (Å²) in [6.07, 6.45) is -1.76. The number of pyridine rings is 1. The zero-order chi connectivity index (χ0) is 14.6. The van der Waals surface area contributed by atoms with Crippen LogP contribution in [0.1, 0.15) is 25.2 Å². The van der Waals surface area contributed by atoms with Gasteiger partial charge in [0.2, 0.25) is 0 Å². The second-order valence-electron chi connectivity index (χ2n) is 4.00. The molecule has 0 aliphatic heterocycles. The minimum absolute atomic E-state index is 0.0230. The zero-order valence-electron chi connectivity index (χ0n) is 10.6. The summed E-state index contributed by atoms with van der Waals surface area (Å²) in [7, 11) is 0. The third-order valence-corrected chi connectivity index (χ3v) is 2.17. The van der Waals surface area contributed by atoms with Crippen LogP contribution < -0.4 is 5.73 Å². The van der Waals surface area contributed by atoms with Gasteiger partial charge < -0.3 is 5.73 Å². The van der Waals surface area contributed by atoms with Gasteiger partial charge in [0.05, 0.1) is 11.4 Å².